The molecule has 129 heavy (non-hydrogen) atoms. The van der Waals surface area contributed by atoms with Crippen LogP contribution in [0.2, 0.25) is 0 Å². The van der Waals surface area contributed by atoms with Gasteiger partial charge in [0, 0.05) is 34.9 Å². The molecule has 0 saturated heterocycles. The fourth-order valence-corrected chi connectivity index (χ4v) is 31.0. The molecular weight excluding hydrogens is 1650 g/mol. The third kappa shape index (κ3) is 22.0. The molecule has 24 saturated carbocycles. The Bertz CT molecular complexity index is 4020. The van der Waals surface area contributed by atoms with Crippen LogP contribution in [0.4, 0.5) is 0 Å². The smallest absolute Gasteiger partial charge is 0.344 e. The van der Waals surface area contributed by atoms with Gasteiger partial charge in [-0.15, -0.1) is 0 Å². The van der Waals surface area contributed by atoms with E-state index in [0.717, 1.165) is 128 Å². The van der Waals surface area contributed by atoms with Gasteiger partial charge in [0.25, 0.3) is 0 Å². The highest BCUT2D eigenvalue weighted by atomic mass is 16.6. The summed E-state index contributed by atoms with van der Waals surface area (Å²) >= 11 is 0. The van der Waals surface area contributed by atoms with E-state index < -0.39 is 71.6 Å². The molecule has 0 atom stereocenters. The van der Waals surface area contributed by atoms with E-state index in [1.165, 1.54) is 193 Å². The lowest BCUT2D eigenvalue weighted by molar-refractivity contribution is -0.215. The lowest BCUT2D eigenvalue weighted by Crippen LogP contribution is -2.59. The summed E-state index contributed by atoms with van der Waals surface area (Å²) in [5.74, 6) is 10.1. The monoisotopic (exact) mass is 1800 g/mol. The molecule has 0 spiro atoms. The molecule has 24 nitrogen and oxygen atoms in total. The van der Waals surface area contributed by atoms with Gasteiger partial charge in [0.05, 0.1) is 0 Å². The largest absolute Gasteiger partial charge is 0.456 e. The van der Waals surface area contributed by atoms with Crippen molar-refractivity contribution in [3.63, 3.8) is 0 Å². The number of rotatable bonds is 30. The summed E-state index contributed by atoms with van der Waals surface area (Å²) in [5.41, 5.74) is -1.07. The van der Waals surface area contributed by atoms with Gasteiger partial charge in [0.2, 0.25) is 0 Å². The van der Waals surface area contributed by atoms with Crippen molar-refractivity contribution in [3.8, 4) is 0 Å². The van der Waals surface area contributed by atoms with Gasteiger partial charge in [-0.25, -0.2) is 57.5 Å². The van der Waals surface area contributed by atoms with Crippen LogP contribution in [0.25, 0.3) is 0 Å². The Labute approximate surface area is 765 Å². The number of hydrogen-bond donors (Lipinski definition) is 0. The molecule has 24 aliphatic rings. The van der Waals surface area contributed by atoms with Crippen LogP contribution < -0.4 is 0 Å². The summed E-state index contributed by atoms with van der Waals surface area (Å²) in [6.07, 6.45) is 45.7. The Balaban J connectivity index is 0.000000132. The average molecular weight is 1800 g/mol. The first-order valence-electron chi connectivity index (χ1n) is 49.6. The Hall–Kier alpha value is -7.92. The maximum Gasteiger partial charge on any atom is 0.344 e. The molecule has 24 rings (SSSR count). The van der Waals surface area contributed by atoms with Gasteiger partial charge in [-0.05, 0) is 395 Å². The molecule has 24 fully saturated rings. The van der Waals surface area contributed by atoms with Crippen molar-refractivity contribution < 1.29 is 114 Å². The van der Waals surface area contributed by atoms with E-state index in [0.29, 0.717) is 87.7 Å². The summed E-state index contributed by atoms with van der Waals surface area (Å²) in [6.45, 7) is 36.0. The number of carbonyl (C=O) groups excluding carboxylic acids is 12. The molecule has 0 amide bonds. The van der Waals surface area contributed by atoms with E-state index in [9.17, 15) is 57.5 Å². The first-order chi connectivity index (χ1) is 61.4. The highest BCUT2D eigenvalue weighted by Crippen LogP contribution is 2.67. The van der Waals surface area contributed by atoms with Gasteiger partial charge in [-0.2, -0.15) is 0 Å². The van der Waals surface area contributed by atoms with Gasteiger partial charge in [0.1, 0.15) is 33.6 Å². The van der Waals surface area contributed by atoms with Crippen LogP contribution in [0.5, 0.6) is 0 Å². The molecule has 714 valence electrons. The summed E-state index contributed by atoms with van der Waals surface area (Å²) in [5, 5.41) is 0. The van der Waals surface area contributed by atoms with E-state index in [1.54, 1.807) is 20.8 Å². The maximum absolute atomic E-state index is 12.3. The van der Waals surface area contributed by atoms with Crippen LogP contribution in [0, 0.1) is 142 Å². The normalized spacial score (nSPS) is 39.2. The summed E-state index contributed by atoms with van der Waals surface area (Å²) in [6, 6.07) is 0. The zero-order valence-electron chi connectivity index (χ0n) is 78.8. The highest BCUT2D eigenvalue weighted by Gasteiger charge is 2.65. The standard InChI is InChI=1S/C19H28O4.2C18H26O4.2C17H24O4.C16H22O4/c1-4-5-19(23-17(20)11-22-18(21)12(2)3)15-7-13-6-14(9-15)10-16(19)8-13;1-4-18(22-16(19)10-21-17(20)11(2)3)14-6-12-5-13(8-14)9-15(18)7-12;1-3-5-18(22-17(20)11-21-16(19)4-2)14-7-12-6-13(9-14)10-15(18)8-12;1-10(2)16(19)20-9-15(18)21-17(3)13-5-11-4-12(7-13)8-14(17)6-11;1-3-15(18)20-10-16(19)21-17(4-2)13-6-11-5-12(8-13)9-14(17)7-11;1-3-14(17)19-9-15(18)20-16(2)12-5-10-4-11(7-12)8-13(16)6-10/h13-16H,2,4-11H2,1,3H3;12-15H,2,4-10H2,1,3H3;4,12-15H,2-3,5-11H2,1H3;11-14H,1,4-9H2,2-3H3;3,11-14H,1,4-10H2,2H3;3,10-13H,1,4-9H2,2H3. The first kappa shape index (κ1) is 98.6. The van der Waals surface area contributed by atoms with E-state index in [-0.39, 0.29) is 73.2 Å². The SMILES string of the molecule is C=C(C)C(=O)OCC(=O)OC1(C)C2CC3CC(C2)CC1C3.C=C(C)C(=O)OCC(=O)OC1(CC)C2CC3CC(C2)CC1C3.C=C(C)C(=O)OCC(=O)OC1(CCC)C2CC3CC(C2)CC1C3.C=CC(=O)OCC(=O)OC1(C)C2CC3CC(C2)CC1C3.C=CC(=O)OCC(=O)OC1(CC)C2CC3CC(C2)CC1C3.C=CC(=O)OCC(=O)OC1(CCC)C2CC3CC(C2)CC1C3. The summed E-state index contributed by atoms with van der Waals surface area (Å²) in [7, 11) is 0. The first-order valence-corrected chi connectivity index (χ1v) is 49.6. The Morgan fingerprint density at radius 1 is 0.248 bits per heavy atom. The summed E-state index contributed by atoms with van der Waals surface area (Å²) < 4.78 is 64.7. The number of ether oxygens (including phenoxy) is 12. The predicted molar refractivity (Wildman–Crippen MR) is 478 cm³/mol. The average Bonchev–Trinajstić information content (AvgIpc) is 0.757. The van der Waals surface area contributed by atoms with Crippen molar-refractivity contribution in [2.75, 3.05) is 39.6 Å². The van der Waals surface area contributed by atoms with Crippen LogP contribution in [-0.4, -0.2) is 145 Å². The third-order valence-electron chi connectivity index (χ3n) is 35.4. The van der Waals surface area contributed by atoms with Crippen molar-refractivity contribution in [1.82, 2.24) is 0 Å². The molecule has 0 aromatic heterocycles. The van der Waals surface area contributed by atoms with Gasteiger partial charge >= 0.3 is 71.6 Å². The van der Waals surface area contributed by atoms with Gasteiger partial charge in [0.15, 0.2) is 39.6 Å². The molecule has 0 heterocycles. The zero-order valence-corrected chi connectivity index (χ0v) is 78.8. The zero-order chi connectivity index (χ0) is 92.8. The molecule has 24 bridgehead atoms. The molecule has 24 heteroatoms. The topological polar surface area (TPSA) is 316 Å². The van der Waals surface area contributed by atoms with E-state index >= 15 is 0 Å². The van der Waals surface area contributed by atoms with Crippen LogP contribution in [-0.2, 0) is 114 Å². The van der Waals surface area contributed by atoms with E-state index in [4.69, 9.17) is 56.8 Å². The number of carbonyl (C=O) groups is 12. The number of esters is 12. The summed E-state index contributed by atoms with van der Waals surface area (Å²) in [4.78, 5) is 140. The quantitative estimate of drug-likeness (QED) is 0.0366. The maximum atomic E-state index is 12.3. The molecule has 0 aliphatic heterocycles. The van der Waals surface area contributed by atoms with Gasteiger partial charge < -0.3 is 56.8 Å². The van der Waals surface area contributed by atoms with Crippen molar-refractivity contribution in [1.29, 1.82) is 0 Å². The Morgan fingerprint density at radius 3 is 0.581 bits per heavy atom. The minimum absolute atomic E-state index is 0.295. The van der Waals surface area contributed by atoms with Crippen molar-refractivity contribution in [2.45, 2.75) is 327 Å². The second-order valence-corrected chi connectivity index (χ2v) is 43.6. The Kier molecular flexibility index (Phi) is 31.9. The van der Waals surface area contributed by atoms with Crippen molar-refractivity contribution in [2.24, 2.45) is 142 Å². The van der Waals surface area contributed by atoms with E-state index in [2.05, 4.69) is 81.0 Å². The highest BCUT2D eigenvalue weighted by molar-refractivity contribution is 5.90. The fourth-order valence-electron chi connectivity index (χ4n) is 31.0. The second-order valence-electron chi connectivity index (χ2n) is 43.6. The molecule has 0 N–H and O–H groups in total. The molecule has 0 unspecified atom stereocenters. The molecule has 0 radical (unpaired) electrons. The van der Waals surface area contributed by atoms with Crippen molar-refractivity contribution in [3.05, 3.63) is 74.4 Å². The van der Waals surface area contributed by atoms with E-state index in [1.807, 2.05) is 0 Å². The van der Waals surface area contributed by atoms with Gasteiger partial charge in [-0.1, -0.05) is 80.0 Å². The minimum atomic E-state index is -0.586. The lowest BCUT2D eigenvalue weighted by atomic mass is 9.49. The second kappa shape index (κ2) is 41.7. The third-order valence-corrected chi connectivity index (χ3v) is 35.4. The van der Waals surface area contributed by atoms with Crippen LogP contribution in [0.3, 0.4) is 0 Å². The Morgan fingerprint density at radius 2 is 0.411 bits per heavy atom. The fraction of sp³-hybridized carbons (Fsp3) is 0.771. The van der Waals surface area contributed by atoms with Crippen LogP contribution in [0.15, 0.2) is 74.4 Å². The molecule has 24 aliphatic carbocycles. The van der Waals surface area contributed by atoms with Gasteiger partial charge in [-0.3, -0.25) is 0 Å². The lowest BCUT2D eigenvalue weighted by Gasteiger charge is -2.60. The predicted octanol–water partition coefficient (Wildman–Crippen LogP) is 18.4. The minimum Gasteiger partial charge on any atom is -0.456 e. The molecular formula is C105H150O24. The van der Waals surface area contributed by atoms with Crippen LogP contribution >= 0.6 is 0 Å². The van der Waals surface area contributed by atoms with Crippen molar-refractivity contribution >= 4 is 71.6 Å². The number of hydrogen-bond acceptors (Lipinski definition) is 24. The molecule has 0 aromatic carbocycles. The molecule has 0 aromatic rings. The van der Waals surface area contributed by atoms with Crippen LogP contribution in [0.1, 0.15) is 293 Å².